The zero-order valence-corrected chi connectivity index (χ0v) is 5.76. The molecule has 0 rings (SSSR count). The summed E-state index contributed by atoms with van der Waals surface area (Å²) >= 11 is 0. The van der Waals surface area contributed by atoms with Crippen LogP contribution in [0.2, 0.25) is 0 Å². The quantitative estimate of drug-likeness (QED) is 0.562. The zero-order valence-electron chi connectivity index (χ0n) is 5.76. The van der Waals surface area contributed by atoms with Gasteiger partial charge in [-0.2, -0.15) is 0 Å². The fraction of sp³-hybridized carbons (Fsp3) is 0.833. The van der Waals surface area contributed by atoms with E-state index in [4.69, 9.17) is 11.5 Å². The van der Waals surface area contributed by atoms with E-state index < -0.39 is 11.9 Å². The highest BCUT2D eigenvalue weighted by Crippen LogP contribution is 1.96. The molecule has 1 unspecified atom stereocenters. The maximum absolute atomic E-state index is 10.3. The smallest absolute Gasteiger partial charge is 0.234 e. The second-order valence-corrected chi connectivity index (χ2v) is 2.15. The van der Waals surface area contributed by atoms with Gasteiger partial charge in [-0.1, -0.05) is 19.8 Å². The van der Waals surface area contributed by atoms with E-state index >= 15 is 0 Å². The molecule has 0 saturated heterocycles. The highest BCUT2D eigenvalue weighted by atomic mass is 16.1. The fourth-order valence-corrected chi connectivity index (χ4v) is 0.566. The monoisotopic (exact) mass is 130 g/mol. The molecule has 1 atom stereocenters. The molecule has 0 spiro atoms. The highest BCUT2D eigenvalue weighted by Gasteiger charge is 2.06. The third kappa shape index (κ3) is 3.97. The first-order valence-corrected chi connectivity index (χ1v) is 3.23. The summed E-state index contributed by atoms with van der Waals surface area (Å²) in [7, 11) is 0. The minimum atomic E-state index is -0.440. The van der Waals surface area contributed by atoms with Crippen LogP contribution in [0.3, 0.4) is 0 Å². The molecular weight excluding hydrogens is 116 g/mol. The van der Waals surface area contributed by atoms with Crippen molar-refractivity contribution in [2.24, 2.45) is 11.5 Å². The summed E-state index contributed by atoms with van der Waals surface area (Å²) in [5.74, 6) is -0.400. The van der Waals surface area contributed by atoms with E-state index in [1.165, 1.54) is 0 Å². The van der Waals surface area contributed by atoms with Gasteiger partial charge in [0.1, 0.15) is 0 Å². The van der Waals surface area contributed by atoms with Gasteiger partial charge in [0, 0.05) is 0 Å². The zero-order chi connectivity index (χ0) is 7.28. The lowest BCUT2D eigenvalue weighted by molar-refractivity contribution is -0.119. The summed E-state index contributed by atoms with van der Waals surface area (Å²) in [4.78, 5) is 10.3. The minimum Gasteiger partial charge on any atom is -0.368 e. The van der Waals surface area contributed by atoms with Crippen LogP contribution in [0.4, 0.5) is 0 Å². The van der Waals surface area contributed by atoms with Crippen molar-refractivity contribution in [1.82, 2.24) is 0 Å². The van der Waals surface area contributed by atoms with Gasteiger partial charge in [-0.3, -0.25) is 4.79 Å². The normalized spacial score (nSPS) is 13.1. The molecule has 0 radical (unpaired) electrons. The van der Waals surface area contributed by atoms with Crippen molar-refractivity contribution in [3.63, 3.8) is 0 Å². The van der Waals surface area contributed by atoms with Crippen molar-refractivity contribution in [3.8, 4) is 0 Å². The molecule has 0 saturated carbocycles. The molecule has 0 aromatic carbocycles. The van der Waals surface area contributed by atoms with Crippen molar-refractivity contribution >= 4 is 5.91 Å². The molecule has 0 fully saturated rings. The van der Waals surface area contributed by atoms with E-state index in [9.17, 15) is 4.79 Å². The van der Waals surface area contributed by atoms with Gasteiger partial charge in [0.05, 0.1) is 6.04 Å². The van der Waals surface area contributed by atoms with Crippen molar-refractivity contribution in [1.29, 1.82) is 0 Å². The van der Waals surface area contributed by atoms with Gasteiger partial charge in [-0.25, -0.2) is 0 Å². The molecule has 0 aliphatic rings. The van der Waals surface area contributed by atoms with Crippen LogP contribution in [0.15, 0.2) is 0 Å². The van der Waals surface area contributed by atoms with Crippen molar-refractivity contribution < 1.29 is 4.79 Å². The molecule has 54 valence electrons. The predicted octanol–water partition coefficient (Wildman–Crippen LogP) is -0.0108. The molecule has 0 aromatic heterocycles. The van der Waals surface area contributed by atoms with Gasteiger partial charge in [-0.15, -0.1) is 0 Å². The van der Waals surface area contributed by atoms with Gasteiger partial charge in [-0.05, 0) is 6.42 Å². The summed E-state index contributed by atoms with van der Waals surface area (Å²) < 4.78 is 0. The molecule has 0 bridgehead atoms. The predicted molar refractivity (Wildman–Crippen MR) is 36.7 cm³/mol. The van der Waals surface area contributed by atoms with E-state index in [2.05, 4.69) is 0 Å². The lowest BCUT2D eigenvalue weighted by Gasteiger charge is -2.03. The maximum atomic E-state index is 10.3. The number of carbonyl (C=O) groups excluding carboxylic acids is 1. The Morgan fingerprint density at radius 2 is 2.22 bits per heavy atom. The summed E-state index contributed by atoms with van der Waals surface area (Å²) in [5.41, 5.74) is 10.2. The van der Waals surface area contributed by atoms with Gasteiger partial charge >= 0.3 is 0 Å². The fourth-order valence-electron chi connectivity index (χ4n) is 0.566. The van der Waals surface area contributed by atoms with Crippen LogP contribution in [0.25, 0.3) is 0 Å². The van der Waals surface area contributed by atoms with Crippen molar-refractivity contribution in [2.45, 2.75) is 32.2 Å². The third-order valence-electron chi connectivity index (χ3n) is 1.23. The Bertz CT molecular complexity index is 93.1. The lowest BCUT2D eigenvalue weighted by atomic mass is 10.1. The van der Waals surface area contributed by atoms with Crippen LogP contribution in [-0.2, 0) is 4.79 Å². The van der Waals surface area contributed by atoms with Crippen molar-refractivity contribution in [3.05, 3.63) is 0 Å². The van der Waals surface area contributed by atoms with E-state index in [1.807, 2.05) is 6.92 Å². The Kier molecular flexibility index (Phi) is 4.05. The standard InChI is InChI=1S/C6H14N2O/c1-2-3-4-5(7)6(8)9/h5H,2-4,7H2,1H3,(H2,8,9). The summed E-state index contributed by atoms with van der Waals surface area (Å²) in [5, 5.41) is 0. The number of amides is 1. The molecular formula is C6H14N2O. The second kappa shape index (κ2) is 4.32. The van der Waals surface area contributed by atoms with Gasteiger partial charge < -0.3 is 11.5 Å². The first-order chi connectivity index (χ1) is 4.18. The van der Waals surface area contributed by atoms with Crippen LogP contribution in [-0.4, -0.2) is 11.9 Å². The third-order valence-corrected chi connectivity index (χ3v) is 1.23. The molecule has 0 aromatic rings. The number of nitrogens with two attached hydrogens (primary N) is 2. The first kappa shape index (κ1) is 8.43. The molecule has 3 nitrogen and oxygen atoms in total. The Labute approximate surface area is 55.4 Å². The number of hydrogen-bond donors (Lipinski definition) is 2. The highest BCUT2D eigenvalue weighted by molar-refractivity contribution is 5.79. The Morgan fingerprint density at radius 1 is 1.67 bits per heavy atom. The first-order valence-electron chi connectivity index (χ1n) is 3.23. The molecule has 0 aliphatic heterocycles. The van der Waals surface area contributed by atoms with E-state index in [-0.39, 0.29) is 0 Å². The van der Waals surface area contributed by atoms with Gasteiger partial charge in [0.2, 0.25) is 5.91 Å². The number of unbranched alkanes of at least 4 members (excludes halogenated alkanes) is 1. The maximum Gasteiger partial charge on any atom is 0.234 e. The number of hydrogen-bond acceptors (Lipinski definition) is 2. The van der Waals surface area contributed by atoms with Crippen LogP contribution in [0.1, 0.15) is 26.2 Å². The van der Waals surface area contributed by atoms with Gasteiger partial charge in [0.15, 0.2) is 0 Å². The van der Waals surface area contributed by atoms with Crippen LogP contribution >= 0.6 is 0 Å². The van der Waals surface area contributed by atoms with Crippen LogP contribution in [0.5, 0.6) is 0 Å². The van der Waals surface area contributed by atoms with Crippen LogP contribution in [0, 0.1) is 0 Å². The van der Waals surface area contributed by atoms with E-state index in [0.717, 1.165) is 12.8 Å². The number of primary amides is 1. The SMILES string of the molecule is CCCCC(N)C(N)=O. The van der Waals surface area contributed by atoms with Crippen LogP contribution < -0.4 is 11.5 Å². The van der Waals surface area contributed by atoms with E-state index in [1.54, 1.807) is 0 Å². The summed E-state index contributed by atoms with van der Waals surface area (Å²) in [6, 6.07) is -0.440. The Balaban J connectivity index is 3.27. The molecule has 3 heteroatoms. The second-order valence-electron chi connectivity index (χ2n) is 2.15. The number of carbonyl (C=O) groups is 1. The Hall–Kier alpha value is -0.570. The number of rotatable bonds is 4. The molecule has 1 amide bonds. The topological polar surface area (TPSA) is 69.1 Å². The molecule has 9 heavy (non-hydrogen) atoms. The van der Waals surface area contributed by atoms with Crippen molar-refractivity contribution in [2.75, 3.05) is 0 Å². The molecule has 0 aliphatic carbocycles. The average molecular weight is 130 g/mol. The molecule has 0 heterocycles. The summed E-state index contributed by atoms with van der Waals surface area (Å²) in [6.07, 6.45) is 2.75. The lowest BCUT2D eigenvalue weighted by Crippen LogP contribution is -2.36. The minimum absolute atomic E-state index is 0.400. The van der Waals surface area contributed by atoms with E-state index in [0.29, 0.717) is 6.42 Å². The average Bonchev–Trinajstić information content (AvgIpc) is 1.82. The Morgan fingerprint density at radius 3 is 2.56 bits per heavy atom. The molecule has 4 N–H and O–H groups in total. The largest absolute Gasteiger partial charge is 0.368 e. The summed E-state index contributed by atoms with van der Waals surface area (Å²) in [6.45, 7) is 2.05. The van der Waals surface area contributed by atoms with Gasteiger partial charge in [0.25, 0.3) is 0 Å².